The van der Waals surface area contributed by atoms with Gasteiger partial charge in [-0.25, -0.2) is 8.78 Å². The third-order valence-electron chi connectivity index (χ3n) is 8.30. The fourth-order valence-corrected chi connectivity index (χ4v) is 6.29. The van der Waals surface area contributed by atoms with Crippen LogP contribution in [0.15, 0.2) is 36.4 Å². The van der Waals surface area contributed by atoms with E-state index < -0.39 is 40.9 Å². The Morgan fingerprint density at radius 1 is 1.24 bits per heavy atom. The molecule has 7 nitrogen and oxygen atoms in total. The van der Waals surface area contributed by atoms with E-state index in [-0.39, 0.29) is 31.6 Å². The molecule has 5 atom stereocenters. The number of morpholine rings is 1. The van der Waals surface area contributed by atoms with Crippen molar-refractivity contribution in [1.82, 2.24) is 4.90 Å². The Morgan fingerprint density at radius 2 is 2.03 bits per heavy atom. The number of nitrogens with zero attached hydrogens (tertiary/aromatic N) is 1. The lowest BCUT2D eigenvalue weighted by molar-refractivity contribution is -0.246. The van der Waals surface area contributed by atoms with Crippen molar-refractivity contribution in [3.8, 4) is 11.1 Å². The van der Waals surface area contributed by atoms with Crippen molar-refractivity contribution in [2.75, 3.05) is 33.4 Å². The van der Waals surface area contributed by atoms with Gasteiger partial charge < -0.3 is 30.3 Å². The number of hydrogen-bond acceptors (Lipinski definition) is 6. The van der Waals surface area contributed by atoms with Crippen LogP contribution in [0.1, 0.15) is 43.2 Å². The number of carbonyl (C=O) groups is 1. The first-order valence-corrected chi connectivity index (χ1v) is 13.2. The van der Waals surface area contributed by atoms with Gasteiger partial charge in [-0.05, 0) is 79.8 Å². The molecule has 208 valence electrons. The fraction of sp³-hybridized carbons (Fsp3) is 0.552. The van der Waals surface area contributed by atoms with Crippen molar-refractivity contribution in [2.24, 2.45) is 11.7 Å². The summed E-state index contributed by atoms with van der Waals surface area (Å²) in [4.78, 5) is 13.5. The average molecular weight is 533 g/mol. The molecule has 2 aromatic rings. The van der Waals surface area contributed by atoms with Gasteiger partial charge in [0.25, 0.3) is 0 Å². The lowest BCUT2D eigenvalue weighted by atomic mass is 9.65. The van der Waals surface area contributed by atoms with Crippen LogP contribution in [0.3, 0.4) is 0 Å². The van der Waals surface area contributed by atoms with Crippen LogP contribution in [0.2, 0.25) is 0 Å². The summed E-state index contributed by atoms with van der Waals surface area (Å²) >= 11 is 0. The van der Waals surface area contributed by atoms with E-state index in [0.29, 0.717) is 49.1 Å². The Bertz CT molecular complexity index is 1120. The SMILES string of the molecule is COCCCC[C@@](O)(c1cccc(F)c1-c1ccc(F)c(C)c1)[C@@]1([C@H]2C[C@@H](N)[C@@H](O)C2)CN(C=O)CCO1. The standard InChI is InChI=1S/C29H38F2N2O5/c1-19-14-20(8-9-23(19)30)27-22(6-5-7-24(27)31)28(36,10-3-4-12-37-2)29(17-33(18-34)11-13-38-29)21-15-25(32)26(35)16-21/h5-9,14,18,21,25-26,35-36H,3-4,10-13,15-17,32H2,1-2H3/t21-,25+,26-,28+,29-/m0/s1. The zero-order chi connectivity index (χ0) is 27.5. The number of ether oxygens (including phenoxy) is 2. The Morgan fingerprint density at radius 3 is 2.68 bits per heavy atom. The van der Waals surface area contributed by atoms with Crippen LogP contribution >= 0.6 is 0 Å². The molecule has 1 saturated carbocycles. The van der Waals surface area contributed by atoms with Gasteiger partial charge in [0.2, 0.25) is 6.41 Å². The topological polar surface area (TPSA) is 105 Å². The predicted octanol–water partition coefficient (Wildman–Crippen LogP) is 3.27. The number of benzene rings is 2. The number of aliphatic hydroxyl groups excluding tert-OH is 1. The second-order valence-corrected chi connectivity index (χ2v) is 10.6. The van der Waals surface area contributed by atoms with E-state index >= 15 is 4.39 Å². The maximum Gasteiger partial charge on any atom is 0.209 e. The highest BCUT2D eigenvalue weighted by Gasteiger charge is 2.61. The molecule has 1 heterocycles. The van der Waals surface area contributed by atoms with Crippen LogP contribution < -0.4 is 5.73 Å². The number of unbranched alkanes of at least 4 members (excludes halogenated alkanes) is 1. The van der Waals surface area contributed by atoms with Crippen molar-refractivity contribution >= 4 is 6.41 Å². The number of carbonyl (C=O) groups excluding carboxylic acids is 1. The molecule has 1 saturated heterocycles. The second kappa shape index (κ2) is 11.8. The number of nitrogens with two attached hydrogens (primary N) is 1. The summed E-state index contributed by atoms with van der Waals surface area (Å²) < 4.78 is 41.6. The van der Waals surface area contributed by atoms with Crippen molar-refractivity contribution in [3.05, 3.63) is 59.2 Å². The predicted molar refractivity (Wildman–Crippen MR) is 139 cm³/mol. The minimum absolute atomic E-state index is 0.0553. The number of halogens is 2. The summed E-state index contributed by atoms with van der Waals surface area (Å²) in [6, 6.07) is 8.34. The summed E-state index contributed by atoms with van der Waals surface area (Å²) in [5.74, 6) is -1.39. The Kier molecular flexibility index (Phi) is 8.84. The molecule has 0 aromatic heterocycles. The Hall–Kier alpha value is -2.43. The van der Waals surface area contributed by atoms with E-state index in [0.717, 1.165) is 6.41 Å². The largest absolute Gasteiger partial charge is 0.392 e. The highest BCUT2D eigenvalue weighted by molar-refractivity contribution is 5.70. The molecule has 38 heavy (non-hydrogen) atoms. The number of amides is 1. The third kappa shape index (κ3) is 5.22. The highest BCUT2D eigenvalue weighted by Crippen LogP contribution is 2.53. The molecule has 1 aliphatic heterocycles. The van der Waals surface area contributed by atoms with Crippen molar-refractivity contribution < 1.29 is 33.3 Å². The quantitative estimate of drug-likeness (QED) is 0.321. The number of aliphatic hydroxyl groups is 2. The molecule has 2 aliphatic rings. The summed E-state index contributed by atoms with van der Waals surface area (Å²) in [6.45, 7) is 2.65. The Labute approximate surface area is 222 Å². The van der Waals surface area contributed by atoms with Gasteiger partial charge in [0.1, 0.15) is 22.8 Å². The van der Waals surface area contributed by atoms with Gasteiger partial charge in [0.05, 0.1) is 19.3 Å². The van der Waals surface area contributed by atoms with Gasteiger partial charge in [0, 0.05) is 31.9 Å². The molecule has 0 unspecified atom stereocenters. The van der Waals surface area contributed by atoms with Gasteiger partial charge in [-0.3, -0.25) is 4.79 Å². The van der Waals surface area contributed by atoms with Crippen LogP contribution in [-0.2, 0) is 19.9 Å². The first-order chi connectivity index (χ1) is 18.2. The average Bonchev–Trinajstić information content (AvgIpc) is 3.26. The van der Waals surface area contributed by atoms with Crippen molar-refractivity contribution in [1.29, 1.82) is 0 Å². The number of methoxy groups -OCH3 is 1. The summed E-state index contributed by atoms with van der Waals surface area (Å²) in [6.07, 6.45) is 1.92. The van der Waals surface area contributed by atoms with E-state index in [4.69, 9.17) is 15.2 Å². The van der Waals surface area contributed by atoms with Gasteiger partial charge in [-0.1, -0.05) is 18.2 Å². The smallest absolute Gasteiger partial charge is 0.209 e. The number of aryl methyl sites for hydroxylation is 1. The molecule has 2 aromatic carbocycles. The highest BCUT2D eigenvalue weighted by atomic mass is 19.1. The second-order valence-electron chi connectivity index (χ2n) is 10.6. The van der Waals surface area contributed by atoms with Crippen LogP contribution in [0.25, 0.3) is 11.1 Å². The number of rotatable bonds is 10. The molecular weight excluding hydrogens is 494 g/mol. The van der Waals surface area contributed by atoms with Gasteiger partial charge in [-0.15, -0.1) is 0 Å². The van der Waals surface area contributed by atoms with Crippen LogP contribution in [-0.4, -0.2) is 72.7 Å². The van der Waals surface area contributed by atoms with E-state index in [2.05, 4.69) is 0 Å². The minimum Gasteiger partial charge on any atom is -0.392 e. The first-order valence-electron chi connectivity index (χ1n) is 13.2. The summed E-state index contributed by atoms with van der Waals surface area (Å²) in [5.41, 5.74) is 4.29. The first kappa shape index (κ1) is 28.6. The van der Waals surface area contributed by atoms with E-state index in [1.54, 1.807) is 31.1 Å². The minimum atomic E-state index is -1.78. The fourth-order valence-electron chi connectivity index (χ4n) is 6.29. The molecule has 0 radical (unpaired) electrons. The molecule has 2 fully saturated rings. The maximum atomic E-state index is 15.7. The lowest BCUT2D eigenvalue weighted by Gasteiger charge is -2.55. The van der Waals surface area contributed by atoms with Gasteiger partial charge in [-0.2, -0.15) is 0 Å². The molecule has 1 aliphatic carbocycles. The monoisotopic (exact) mass is 532 g/mol. The van der Waals surface area contributed by atoms with Crippen LogP contribution in [0.4, 0.5) is 8.78 Å². The van der Waals surface area contributed by atoms with E-state index in [1.807, 2.05) is 0 Å². The Balaban J connectivity index is 1.94. The zero-order valence-corrected chi connectivity index (χ0v) is 22.0. The van der Waals surface area contributed by atoms with Crippen LogP contribution in [0.5, 0.6) is 0 Å². The molecule has 4 rings (SSSR count). The van der Waals surface area contributed by atoms with Crippen molar-refractivity contribution in [2.45, 2.75) is 62.4 Å². The molecule has 1 amide bonds. The van der Waals surface area contributed by atoms with Crippen LogP contribution in [0, 0.1) is 24.5 Å². The van der Waals surface area contributed by atoms with E-state index in [1.165, 1.54) is 24.3 Å². The molecule has 0 spiro atoms. The molecule has 9 heteroatoms. The molecule has 0 bridgehead atoms. The lowest BCUT2D eigenvalue weighted by Crippen LogP contribution is -2.66. The van der Waals surface area contributed by atoms with E-state index in [9.17, 15) is 19.4 Å². The van der Waals surface area contributed by atoms with Crippen molar-refractivity contribution in [3.63, 3.8) is 0 Å². The summed E-state index contributed by atoms with van der Waals surface area (Å²) in [7, 11) is 1.60. The normalized spacial score (nSPS) is 27.3. The summed E-state index contributed by atoms with van der Waals surface area (Å²) in [5, 5.41) is 23.5. The maximum absolute atomic E-state index is 15.7. The third-order valence-corrected chi connectivity index (χ3v) is 8.30. The molecule has 4 N–H and O–H groups in total. The zero-order valence-electron chi connectivity index (χ0n) is 22.0. The van der Waals surface area contributed by atoms with Gasteiger partial charge >= 0.3 is 0 Å². The number of hydrogen-bond donors (Lipinski definition) is 3. The molecular formula is C29H38F2N2O5. The van der Waals surface area contributed by atoms with Gasteiger partial charge in [0.15, 0.2) is 0 Å².